The van der Waals surface area contributed by atoms with Crippen molar-refractivity contribution in [2.24, 2.45) is 0 Å². The molecule has 0 bridgehead atoms. The Morgan fingerprint density at radius 2 is 0.863 bits per heavy atom. The van der Waals surface area contributed by atoms with Crippen molar-refractivity contribution in [3.8, 4) is 0 Å². The molecule has 1 rings (SSSR count). The van der Waals surface area contributed by atoms with Gasteiger partial charge in [0.2, 0.25) is 0 Å². The highest BCUT2D eigenvalue weighted by atomic mass is 16.7. The molecule has 1 aliphatic rings. The lowest BCUT2D eigenvalue weighted by Gasteiger charge is -2.40. The van der Waals surface area contributed by atoms with Crippen LogP contribution in [0.4, 0.5) is 0 Å². The topological polar surface area (TPSA) is 175 Å². The van der Waals surface area contributed by atoms with Gasteiger partial charge >= 0.3 is 23.9 Å². The van der Waals surface area contributed by atoms with Crippen molar-refractivity contribution >= 4 is 23.9 Å². The molecule has 3 N–H and O–H groups in total. The summed E-state index contributed by atoms with van der Waals surface area (Å²) >= 11 is 0. The average Bonchev–Trinajstić information content (AvgIpc) is 3.37. The number of aliphatic carboxylic acids is 1. The third-order valence-electron chi connectivity index (χ3n) is 13.7. The number of carbonyl (C=O) groups is 4. The fraction of sp³-hybridized carbons (Fsp3) is 0.836. The molecular formula is C61H108O12. The molecule has 0 aromatic carbocycles. The highest BCUT2D eigenvalue weighted by Crippen LogP contribution is 2.27. The molecule has 0 aromatic rings. The zero-order chi connectivity index (χ0) is 53.3. The highest BCUT2D eigenvalue weighted by molar-refractivity contribution is 5.74. The van der Waals surface area contributed by atoms with Gasteiger partial charge in [0.05, 0.1) is 6.61 Å². The summed E-state index contributed by atoms with van der Waals surface area (Å²) in [4.78, 5) is 51.1. The predicted molar refractivity (Wildman–Crippen MR) is 294 cm³/mol. The molecule has 1 saturated heterocycles. The lowest BCUT2D eigenvalue weighted by atomic mass is 9.98. The van der Waals surface area contributed by atoms with E-state index in [0.29, 0.717) is 19.3 Å². The van der Waals surface area contributed by atoms with Crippen LogP contribution in [0, 0.1) is 0 Å². The summed E-state index contributed by atoms with van der Waals surface area (Å²) in [6.45, 7) is 5.89. The average molecular weight is 1030 g/mol. The van der Waals surface area contributed by atoms with E-state index in [0.717, 1.165) is 96.3 Å². The minimum atomic E-state index is -1.90. The number of carboxylic acid groups (broad SMARTS) is 1. The van der Waals surface area contributed by atoms with Crippen molar-refractivity contribution in [1.29, 1.82) is 0 Å². The number of hydrogen-bond acceptors (Lipinski definition) is 11. The Morgan fingerprint density at radius 3 is 1.32 bits per heavy atom. The van der Waals surface area contributed by atoms with E-state index < -0.39 is 67.3 Å². The van der Waals surface area contributed by atoms with Crippen molar-refractivity contribution in [3.05, 3.63) is 36.5 Å². The number of esters is 3. The van der Waals surface area contributed by atoms with Crippen LogP contribution in [0.2, 0.25) is 0 Å². The van der Waals surface area contributed by atoms with E-state index in [1.165, 1.54) is 122 Å². The molecule has 0 aromatic heterocycles. The van der Waals surface area contributed by atoms with Crippen LogP contribution >= 0.6 is 0 Å². The van der Waals surface area contributed by atoms with Gasteiger partial charge in [-0.05, 0) is 51.4 Å². The van der Waals surface area contributed by atoms with Gasteiger partial charge in [-0.1, -0.05) is 243 Å². The fourth-order valence-corrected chi connectivity index (χ4v) is 9.15. The summed E-state index contributed by atoms with van der Waals surface area (Å²) in [5, 5.41) is 31.4. The highest BCUT2D eigenvalue weighted by Gasteiger charge is 2.50. The first-order valence-corrected chi connectivity index (χ1v) is 30.0. The molecule has 424 valence electrons. The van der Waals surface area contributed by atoms with Gasteiger partial charge in [-0.2, -0.15) is 0 Å². The molecule has 1 fully saturated rings. The molecule has 73 heavy (non-hydrogen) atoms. The third kappa shape index (κ3) is 39.9. The first-order chi connectivity index (χ1) is 35.6. The van der Waals surface area contributed by atoms with Gasteiger partial charge in [-0.15, -0.1) is 0 Å². The second kappa shape index (κ2) is 49.8. The molecule has 1 heterocycles. The number of allylic oxidation sites excluding steroid dienone is 6. The number of hydrogen-bond donors (Lipinski definition) is 3. The standard InChI is InChI=1S/C61H108O12/c1-4-7-10-13-16-19-22-24-26-27-29-30-33-35-38-41-44-47-53(62)69-50-52(71-54(63)48-45-42-39-37-34-31-28-25-23-20-17-14-11-8-5-2)51-70-61-59(57(66)56(65)58(73-61)60(67)68)72-55(64)49-46-43-40-36-32-21-18-15-12-9-6-3/h7,10,16,19,24,26,52,56-59,61,65-66H,4-6,8-9,11-15,17-18,20-23,25,27-51H2,1-3H3,(H,67,68)/b10-7-,19-16-,26-24-. The lowest BCUT2D eigenvalue weighted by Crippen LogP contribution is -2.61. The van der Waals surface area contributed by atoms with Gasteiger partial charge in [0.25, 0.3) is 0 Å². The van der Waals surface area contributed by atoms with Crippen LogP contribution in [-0.2, 0) is 42.9 Å². The van der Waals surface area contributed by atoms with Crippen LogP contribution in [0.5, 0.6) is 0 Å². The molecule has 1 aliphatic heterocycles. The molecule has 0 saturated carbocycles. The number of carboxylic acids is 1. The summed E-state index contributed by atoms with van der Waals surface area (Å²) in [7, 11) is 0. The quantitative estimate of drug-likeness (QED) is 0.0228. The van der Waals surface area contributed by atoms with E-state index in [-0.39, 0.29) is 25.9 Å². The summed E-state index contributed by atoms with van der Waals surface area (Å²) < 4.78 is 28.4. The van der Waals surface area contributed by atoms with Gasteiger partial charge in [-0.25, -0.2) is 4.79 Å². The number of aliphatic hydroxyl groups is 2. The van der Waals surface area contributed by atoms with Crippen LogP contribution in [0.25, 0.3) is 0 Å². The van der Waals surface area contributed by atoms with E-state index in [4.69, 9.17) is 23.7 Å². The Kier molecular flexibility index (Phi) is 46.4. The summed E-state index contributed by atoms with van der Waals surface area (Å²) in [5.41, 5.74) is 0. The van der Waals surface area contributed by atoms with Crippen molar-refractivity contribution in [3.63, 3.8) is 0 Å². The molecular weight excluding hydrogens is 925 g/mol. The number of unbranched alkanes of at least 4 members (excludes halogenated alkanes) is 31. The molecule has 6 unspecified atom stereocenters. The van der Waals surface area contributed by atoms with E-state index in [1.807, 2.05) is 0 Å². The molecule has 12 heteroatoms. The number of ether oxygens (including phenoxy) is 5. The minimum Gasteiger partial charge on any atom is -0.479 e. The normalized spacial score (nSPS) is 18.5. The summed E-state index contributed by atoms with van der Waals surface area (Å²) in [6, 6.07) is 0. The Labute approximate surface area is 444 Å². The molecule has 0 aliphatic carbocycles. The first kappa shape index (κ1) is 68.0. The number of carbonyl (C=O) groups excluding carboxylic acids is 3. The van der Waals surface area contributed by atoms with E-state index in [9.17, 15) is 34.5 Å². The van der Waals surface area contributed by atoms with Crippen LogP contribution in [0.3, 0.4) is 0 Å². The molecule has 0 amide bonds. The lowest BCUT2D eigenvalue weighted by molar-refractivity contribution is -0.301. The zero-order valence-electron chi connectivity index (χ0n) is 46.6. The third-order valence-corrected chi connectivity index (χ3v) is 13.7. The van der Waals surface area contributed by atoms with Crippen molar-refractivity contribution < 1.29 is 58.2 Å². The Balaban J connectivity index is 2.67. The van der Waals surface area contributed by atoms with Gasteiger partial charge in [0.15, 0.2) is 24.6 Å². The predicted octanol–water partition coefficient (Wildman–Crippen LogP) is 15.2. The molecule has 0 spiro atoms. The van der Waals surface area contributed by atoms with Crippen LogP contribution < -0.4 is 0 Å². The molecule has 6 atom stereocenters. The number of aliphatic hydroxyl groups excluding tert-OH is 2. The van der Waals surface area contributed by atoms with Crippen LogP contribution in [0.1, 0.15) is 278 Å². The second-order valence-electron chi connectivity index (χ2n) is 20.6. The molecule has 12 nitrogen and oxygen atoms in total. The SMILES string of the molecule is CC/C=C\C/C=C\C/C=C\CCCCCCCCCC(=O)OCC(COC1OC(C(=O)O)C(O)C(O)C1OC(=O)CCCCCCCCCCCCC)OC(=O)CCCCCCCCCCCCCCCCC. The van der Waals surface area contributed by atoms with Crippen molar-refractivity contribution in [2.75, 3.05) is 13.2 Å². The van der Waals surface area contributed by atoms with E-state index in [1.54, 1.807) is 0 Å². The smallest absolute Gasteiger partial charge is 0.335 e. The Bertz CT molecular complexity index is 1410. The second-order valence-corrected chi connectivity index (χ2v) is 20.6. The van der Waals surface area contributed by atoms with Gasteiger partial charge in [-0.3, -0.25) is 14.4 Å². The maximum absolute atomic E-state index is 13.1. The van der Waals surface area contributed by atoms with Crippen LogP contribution in [0.15, 0.2) is 36.5 Å². The van der Waals surface area contributed by atoms with Crippen molar-refractivity contribution in [1.82, 2.24) is 0 Å². The van der Waals surface area contributed by atoms with Gasteiger partial charge in [0.1, 0.15) is 18.8 Å². The summed E-state index contributed by atoms with van der Waals surface area (Å²) in [6.07, 6.45) is 45.4. The van der Waals surface area contributed by atoms with Gasteiger partial charge < -0.3 is 39.0 Å². The minimum absolute atomic E-state index is 0.0646. The number of rotatable bonds is 51. The fourth-order valence-electron chi connectivity index (χ4n) is 9.15. The maximum Gasteiger partial charge on any atom is 0.335 e. The van der Waals surface area contributed by atoms with Gasteiger partial charge in [0, 0.05) is 19.3 Å². The monoisotopic (exact) mass is 1030 g/mol. The van der Waals surface area contributed by atoms with Crippen molar-refractivity contribution in [2.45, 2.75) is 314 Å². The van der Waals surface area contributed by atoms with Crippen LogP contribution in [-0.4, -0.2) is 89.2 Å². The molecule has 0 radical (unpaired) electrons. The van der Waals surface area contributed by atoms with E-state index in [2.05, 4.69) is 57.2 Å². The zero-order valence-corrected chi connectivity index (χ0v) is 46.6. The largest absolute Gasteiger partial charge is 0.479 e. The Hall–Kier alpha value is -3.06. The Morgan fingerprint density at radius 1 is 0.466 bits per heavy atom. The first-order valence-electron chi connectivity index (χ1n) is 30.0. The van der Waals surface area contributed by atoms with E-state index >= 15 is 0 Å². The summed E-state index contributed by atoms with van der Waals surface area (Å²) in [5.74, 6) is -3.10. The maximum atomic E-state index is 13.1.